The first-order chi connectivity index (χ1) is 13.8. The molecule has 0 aliphatic rings. The van der Waals surface area contributed by atoms with Gasteiger partial charge in [0.1, 0.15) is 0 Å². The van der Waals surface area contributed by atoms with Crippen molar-refractivity contribution in [3.63, 3.8) is 0 Å². The Hall–Kier alpha value is -2.47. The van der Waals surface area contributed by atoms with E-state index in [1.54, 1.807) is 0 Å². The van der Waals surface area contributed by atoms with Crippen LogP contribution in [0.2, 0.25) is 0 Å². The molecule has 0 bridgehead atoms. The molecule has 0 heterocycles. The van der Waals surface area contributed by atoms with Gasteiger partial charge in [-0.25, -0.2) is 0 Å². The number of rotatable bonds is 6. The highest BCUT2D eigenvalue weighted by Crippen LogP contribution is 2.25. The van der Waals surface area contributed by atoms with Crippen molar-refractivity contribution in [2.45, 2.75) is 90.6 Å². The van der Waals surface area contributed by atoms with Crippen LogP contribution in [-0.2, 0) is 23.7 Å². The highest BCUT2D eigenvalue weighted by molar-refractivity contribution is 5.30. The zero-order valence-corrected chi connectivity index (χ0v) is 20.0. The van der Waals surface area contributed by atoms with Crippen molar-refractivity contribution in [2.24, 2.45) is 10.2 Å². The fourth-order valence-corrected chi connectivity index (χ4v) is 3.37. The Kier molecular flexibility index (Phi) is 7.24. The maximum atomic E-state index is 9.74. The molecule has 0 radical (unpaired) electrons. The predicted molar refractivity (Wildman–Crippen MR) is 126 cm³/mol. The summed E-state index contributed by atoms with van der Waals surface area (Å²) in [6.45, 7) is 17.2. The minimum Gasteiger partial charge on any atom is -0.196 e. The Bertz CT molecular complexity index is 888. The summed E-state index contributed by atoms with van der Waals surface area (Å²) in [6, 6.07) is 19.6. The monoisotopic (exact) mass is 403 g/mol. The van der Waals surface area contributed by atoms with Gasteiger partial charge in [0, 0.05) is 6.42 Å². The van der Waals surface area contributed by atoms with Gasteiger partial charge in [0.25, 0.3) is 0 Å². The molecule has 2 unspecified atom stereocenters. The lowest BCUT2D eigenvalue weighted by molar-refractivity contribution is 0.529. The number of nitrogens with zero attached hydrogens (tertiary/aromatic N) is 3. The number of hydrogen-bond acceptors (Lipinski definition) is 3. The third-order valence-electron chi connectivity index (χ3n) is 5.44. The number of nitriles is 1. The van der Waals surface area contributed by atoms with Crippen molar-refractivity contribution in [3.05, 3.63) is 70.8 Å². The van der Waals surface area contributed by atoms with Crippen molar-refractivity contribution >= 4 is 0 Å². The molecular weight excluding hydrogens is 366 g/mol. The first-order valence-corrected chi connectivity index (χ1v) is 10.8. The van der Waals surface area contributed by atoms with Gasteiger partial charge in [-0.1, -0.05) is 90.1 Å². The van der Waals surface area contributed by atoms with E-state index in [1.807, 2.05) is 6.92 Å². The van der Waals surface area contributed by atoms with Crippen LogP contribution in [0, 0.1) is 11.3 Å². The van der Waals surface area contributed by atoms with Gasteiger partial charge >= 0.3 is 0 Å². The van der Waals surface area contributed by atoms with Crippen LogP contribution >= 0.6 is 0 Å². The zero-order valence-electron chi connectivity index (χ0n) is 20.0. The van der Waals surface area contributed by atoms with Gasteiger partial charge in [-0.3, -0.25) is 0 Å². The topological polar surface area (TPSA) is 48.5 Å². The average Bonchev–Trinajstić information content (AvgIpc) is 2.66. The summed E-state index contributed by atoms with van der Waals surface area (Å²) >= 11 is 0. The molecule has 0 amide bonds. The molecule has 3 nitrogen and oxygen atoms in total. The van der Waals surface area contributed by atoms with Gasteiger partial charge in [-0.15, -0.1) is 0 Å². The Labute approximate surface area is 183 Å². The highest BCUT2D eigenvalue weighted by Gasteiger charge is 2.25. The summed E-state index contributed by atoms with van der Waals surface area (Å²) in [7, 11) is 0. The molecule has 160 valence electrons. The third kappa shape index (κ3) is 6.80. The van der Waals surface area contributed by atoms with E-state index in [4.69, 9.17) is 0 Å². The van der Waals surface area contributed by atoms with E-state index in [0.717, 1.165) is 12.0 Å². The number of azo groups is 1. The molecule has 2 aromatic carbocycles. The molecule has 0 aliphatic heterocycles. The average molecular weight is 404 g/mol. The lowest BCUT2D eigenvalue weighted by Crippen LogP contribution is -2.23. The maximum Gasteiger partial charge on any atom is 0.168 e. The van der Waals surface area contributed by atoms with Crippen LogP contribution in [0.25, 0.3) is 0 Å². The zero-order chi connectivity index (χ0) is 22.6. The van der Waals surface area contributed by atoms with Gasteiger partial charge in [0.2, 0.25) is 0 Å². The van der Waals surface area contributed by atoms with E-state index < -0.39 is 5.54 Å². The second-order valence-electron chi connectivity index (χ2n) is 10.7. The van der Waals surface area contributed by atoms with Crippen LogP contribution in [0.5, 0.6) is 0 Å². The fraction of sp³-hybridized carbons (Fsp3) is 0.519. The summed E-state index contributed by atoms with van der Waals surface area (Å²) in [5, 5.41) is 18.7. The smallest absolute Gasteiger partial charge is 0.168 e. The number of benzene rings is 2. The van der Waals surface area contributed by atoms with Crippen molar-refractivity contribution in [1.82, 2.24) is 0 Å². The van der Waals surface area contributed by atoms with Gasteiger partial charge in [0.05, 0.1) is 12.1 Å². The molecule has 0 spiro atoms. The van der Waals surface area contributed by atoms with E-state index in [-0.39, 0.29) is 16.9 Å². The lowest BCUT2D eigenvalue weighted by atomic mass is 9.85. The molecule has 0 aromatic heterocycles. The largest absolute Gasteiger partial charge is 0.196 e. The van der Waals surface area contributed by atoms with E-state index in [0.29, 0.717) is 6.42 Å². The maximum absolute atomic E-state index is 9.74. The molecule has 3 heteroatoms. The first kappa shape index (κ1) is 23.8. The van der Waals surface area contributed by atoms with Crippen LogP contribution in [0.1, 0.15) is 77.6 Å². The minimum atomic E-state index is -0.854. The van der Waals surface area contributed by atoms with Gasteiger partial charge in [0.15, 0.2) is 5.54 Å². The molecular formula is C27H37N3. The van der Waals surface area contributed by atoms with Crippen molar-refractivity contribution in [3.8, 4) is 6.07 Å². The van der Waals surface area contributed by atoms with Gasteiger partial charge < -0.3 is 0 Å². The standard InChI is InChI=1S/C27H37N3/c1-20(17-21-9-13-23(14-10-21)25(2,3)4)29-30-27(8,19-28)18-22-11-15-24(16-12-22)26(5,6)7/h9-16,20H,17-18H2,1-8H3/b30-29+. The quantitative estimate of drug-likeness (QED) is 0.471. The second kappa shape index (κ2) is 9.13. The molecule has 0 aliphatic carbocycles. The summed E-state index contributed by atoms with van der Waals surface area (Å²) in [6.07, 6.45) is 1.38. The van der Waals surface area contributed by atoms with Gasteiger partial charge in [-0.2, -0.15) is 15.5 Å². The molecule has 0 saturated carbocycles. The lowest BCUT2D eigenvalue weighted by Gasteiger charge is -2.21. The Morgan fingerprint density at radius 2 is 1.20 bits per heavy atom. The molecule has 2 rings (SSSR count). The SMILES string of the molecule is CC(Cc1ccc(C(C)(C)C)cc1)/N=N/C(C)(C#N)Cc1ccc(C(C)(C)C)cc1. The third-order valence-corrected chi connectivity index (χ3v) is 5.44. The van der Waals surface area contributed by atoms with Crippen molar-refractivity contribution in [1.29, 1.82) is 5.26 Å². The van der Waals surface area contributed by atoms with E-state index >= 15 is 0 Å². The van der Waals surface area contributed by atoms with Crippen LogP contribution in [-0.4, -0.2) is 11.6 Å². The summed E-state index contributed by atoms with van der Waals surface area (Å²) in [4.78, 5) is 0. The van der Waals surface area contributed by atoms with Crippen molar-refractivity contribution < 1.29 is 0 Å². The molecule has 2 atom stereocenters. The van der Waals surface area contributed by atoms with E-state index in [2.05, 4.69) is 113 Å². The Morgan fingerprint density at radius 3 is 1.60 bits per heavy atom. The predicted octanol–water partition coefficient (Wildman–Crippen LogP) is 7.19. The van der Waals surface area contributed by atoms with Crippen LogP contribution in [0.4, 0.5) is 0 Å². The molecule has 30 heavy (non-hydrogen) atoms. The molecule has 0 N–H and O–H groups in total. The second-order valence-corrected chi connectivity index (χ2v) is 10.7. The molecule has 0 fully saturated rings. The minimum absolute atomic E-state index is 0.0291. The summed E-state index contributed by atoms with van der Waals surface area (Å²) in [5.74, 6) is 0. The van der Waals surface area contributed by atoms with Crippen LogP contribution in [0.3, 0.4) is 0 Å². The normalized spacial score (nSPS) is 15.6. The fourth-order valence-electron chi connectivity index (χ4n) is 3.37. The Balaban J connectivity index is 2.03. The first-order valence-electron chi connectivity index (χ1n) is 10.8. The van der Waals surface area contributed by atoms with E-state index in [9.17, 15) is 5.26 Å². The van der Waals surface area contributed by atoms with Crippen LogP contribution in [0.15, 0.2) is 58.8 Å². The van der Waals surface area contributed by atoms with Crippen molar-refractivity contribution in [2.75, 3.05) is 0 Å². The van der Waals surface area contributed by atoms with Gasteiger partial charge in [-0.05, 0) is 53.4 Å². The molecule has 0 saturated heterocycles. The molecule has 2 aromatic rings. The van der Waals surface area contributed by atoms with E-state index in [1.165, 1.54) is 16.7 Å². The number of hydrogen-bond donors (Lipinski definition) is 0. The van der Waals surface area contributed by atoms with Crippen LogP contribution < -0.4 is 0 Å². The highest BCUT2D eigenvalue weighted by atomic mass is 15.2. The summed E-state index contributed by atoms with van der Waals surface area (Å²) < 4.78 is 0. The Morgan fingerprint density at radius 1 is 0.767 bits per heavy atom. The summed E-state index contributed by atoms with van der Waals surface area (Å²) in [5.41, 5.74) is 4.39.